The number of H-pyrrole nitrogens is 1. The van der Waals surface area contributed by atoms with Crippen molar-refractivity contribution < 1.29 is 9.59 Å². The first-order valence-corrected chi connectivity index (χ1v) is 7.97. The van der Waals surface area contributed by atoms with Crippen molar-refractivity contribution in [2.75, 3.05) is 13.1 Å². The van der Waals surface area contributed by atoms with Gasteiger partial charge in [0, 0.05) is 23.9 Å². The molecular weight excluding hydrogens is 302 g/mol. The zero-order valence-corrected chi connectivity index (χ0v) is 13.0. The van der Waals surface area contributed by atoms with Gasteiger partial charge in [-0.3, -0.25) is 14.7 Å². The molecule has 2 amide bonds. The van der Waals surface area contributed by atoms with Crippen molar-refractivity contribution in [3.05, 3.63) is 34.0 Å². The molecule has 0 aromatic carbocycles. The van der Waals surface area contributed by atoms with E-state index in [1.165, 1.54) is 17.5 Å². The van der Waals surface area contributed by atoms with Crippen molar-refractivity contribution in [1.82, 2.24) is 20.1 Å². The van der Waals surface area contributed by atoms with E-state index >= 15 is 0 Å². The van der Waals surface area contributed by atoms with Gasteiger partial charge >= 0.3 is 0 Å². The first-order chi connectivity index (χ1) is 10.5. The highest BCUT2D eigenvalue weighted by atomic mass is 32.1. The summed E-state index contributed by atoms with van der Waals surface area (Å²) in [5, 5.41) is 8.58. The van der Waals surface area contributed by atoms with Gasteiger partial charge in [0.2, 0.25) is 0 Å². The summed E-state index contributed by atoms with van der Waals surface area (Å²) in [5.74, 6) is -0.583. The molecular formula is C14H17N5O2S. The van der Waals surface area contributed by atoms with Gasteiger partial charge in [-0.05, 0) is 12.8 Å². The minimum absolute atomic E-state index is 0.0766. The standard InChI is InChI=1S/C14H17N5O2S/c1-14(11-9(12(15)20)5-17-18-11)3-2-4-19(7-14)13(21)10-6-22-8-16-10/h5-6,8H,2-4,7H2,1H3,(H2,15,20)(H,17,18). The fourth-order valence-corrected chi connectivity index (χ4v) is 3.56. The molecule has 22 heavy (non-hydrogen) atoms. The van der Waals surface area contributed by atoms with Crippen molar-refractivity contribution >= 4 is 23.2 Å². The van der Waals surface area contributed by atoms with Gasteiger partial charge < -0.3 is 10.6 Å². The number of thiazole rings is 1. The Labute approximate surface area is 131 Å². The fourth-order valence-electron chi connectivity index (χ4n) is 3.03. The smallest absolute Gasteiger partial charge is 0.273 e. The topological polar surface area (TPSA) is 105 Å². The number of nitrogens with zero attached hydrogens (tertiary/aromatic N) is 3. The van der Waals surface area contributed by atoms with Crippen LogP contribution in [0.4, 0.5) is 0 Å². The van der Waals surface area contributed by atoms with E-state index in [2.05, 4.69) is 15.2 Å². The van der Waals surface area contributed by atoms with Crippen molar-refractivity contribution in [3.63, 3.8) is 0 Å². The Bertz CT molecular complexity index is 696. The van der Waals surface area contributed by atoms with Crippen LogP contribution in [0, 0.1) is 0 Å². The van der Waals surface area contributed by atoms with Gasteiger partial charge in [-0.15, -0.1) is 11.3 Å². The maximum Gasteiger partial charge on any atom is 0.273 e. The molecule has 7 nitrogen and oxygen atoms in total. The highest BCUT2D eigenvalue weighted by molar-refractivity contribution is 7.07. The number of amides is 2. The minimum Gasteiger partial charge on any atom is -0.365 e. The van der Waals surface area contributed by atoms with Crippen LogP contribution in [0.2, 0.25) is 0 Å². The first kappa shape index (κ1) is 14.7. The molecule has 1 saturated heterocycles. The summed E-state index contributed by atoms with van der Waals surface area (Å²) in [7, 11) is 0. The monoisotopic (exact) mass is 319 g/mol. The lowest BCUT2D eigenvalue weighted by molar-refractivity contribution is 0.0642. The number of hydrogen-bond donors (Lipinski definition) is 2. The van der Waals surface area contributed by atoms with Gasteiger partial charge in [-0.2, -0.15) is 5.10 Å². The average Bonchev–Trinajstić information content (AvgIpc) is 3.18. The second-order valence-corrected chi connectivity index (χ2v) is 6.51. The van der Waals surface area contributed by atoms with Crippen LogP contribution in [0.25, 0.3) is 0 Å². The number of aromatic amines is 1. The third kappa shape index (κ3) is 2.50. The van der Waals surface area contributed by atoms with Crippen molar-refractivity contribution in [2.24, 2.45) is 5.73 Å². The Kier molecular flexibility index (Phi) is 3.69. The predicted octanol–water partition coefficient (Wildman–Crippen LogP) is 1.16. The number of rotatable bonds is 3. The number of piperidine rings is 1. The summed E-state index contributed by atoms with van der Waals surface area (Å²) in [6, 6.07) is 0. The summed E-state index contributed by atoms with van der Waals surface area (Å²) >= 11 is 1.40. The molecule has 3 heterocycles. The summed E-state index contributed by atoms with van der Waals surface area (Å²) in [6.45, 7) is 3.21. The molecule has 116 valence electrons. The number of aromatic nitrogens is 3. The van der Waals surface area contributed by atoms with Gasteiger partial charge in [0.25, 0.3) is 11.8 Å². The summed E-state index contributed by atoms with van der Waals surface area (Å²) in [4.78, 5) is 29.9. The number of nitrogens with two attached hydrogens (primary N) is 1. The van der Waals surface area contributed by atoms with Crippen LogP contribution in [-0.2, 0) is 5.41 Å². The molecule has 0 spiro atoms. The van der Waals surface area contributed by atoms with Gasteiger partial charge in [-0.1, -0.05) is 6.92 Å². The molecule has 8 heteroatoms. The lowest BCUT2D eigenvalue weighted by Gasteiger charge is -2.40. The van der Waals surface area contributed by atoms with Gasteiger partial charge in [0.05, 0.1) is 23.0 Å². The van der Waals surface area contributed by atoms with Crippen LogP contribution < -0.4 is 5.73 Å². The van der Waals surface area contributed by atoms with E-state index in [4.69, 9.17) is 5.73 Å². The Morgan fingerprint density at radius 1 is 1.50 bits per heavy atom. The maximum absolute atomic E-state index is 12.5. The quantitative estimate of drug-likeness (QED) is 0.885. The predicted molar refractivity (Wildman–Crippen MR) is 81.7 cm³/mol. The lowest BCUT2D eigenvalue weighted by atomic mass is 9.77. The molecule has 0 aliphatic carbocycles. The van der Waals surface area contributed by atoms with Gasteiger partial charge in [0.15, 0.2) is 0 Å². The fraction of sp³-hybridized carbons (Fsp3) is 0.429. The van der Waals surface area contributed by atoms with Crippen LogP contribution in [-0.4, -0.2) is 45.0 Å². The number of likely N-dealkylation sites (tertiary alicyclic amines) is 1. The van der Waals surface area contributed by atoms with Crippen LogP contribution in [0.5, 0.6) is 0 Å². The van der Waals surface area contributed by atoms with E-state index < -0.39 is 5.91 Å². The molecule has 3 rings (SSSR count). The zero-order chi connectivity index (χ0) is 15.7. The molecule has 1 fully saturated rings. The largest absolute Gasteiger partial charge is 0.365 e. The second kappa shape index (κ2) is 5.53. The Morgan fingerprint density at radius 3 is 3.00 bits per heavy atom. The van der Waals surface area contributed by atoms with E-state index in [-0.39, 0.29) is 11.3 Å². The third-order valence-corrected chi connectivity index (χ3v) is 4.73. The Balaban J connectivity index is 1.87. The van der Waals surface area contributed by atoms with Crippen LogP contribution >= 0.6 is 11.3 Å². The lowest BCUT2D eigenvalue weighted by Crippen LogP contribution is -2.48. The van der Waals surface area contributed by atoms with Crippen molar-refractivity contribution in [2.45, 2.75) is 25.2 Å². The summed E-state index contributed by atoms with van der Waals surface area (Å²) in [5.41, 5.74) is 8.25. The van der Waals surface area contributed by atoms with E-state index in [1.807, 2.05) is 6.92 Å². The van der Waals surface area contributed by atoms with Crippen molar-refractivity contribution in [1.29, 1.82) is 0 Å². The van der Waals surface area contributed by atoms with Crippen LogP contribution in [0.1, 0.15) is 46.3 Å². The average molecular weight is 319 g/mol. The SMILES string of the molecule is CC1(c2[nH]ncc2C(N)=O)CCCN(C(=O)c2cscn2)C1. The number of primary amides is 1. The number of carbonyl (C=O) groups is 2. The van der Waals surface area contributed by atoms with Gasteiger partial charge in [-0.25, -0.2) is 4.98 Å². The van der Waals surface area contributed by atoms with E-state index in [1.54, 1.807) is 15.8 Å². The van der Waals surface area contributed by atoms with E-state index in [0.717, 1.165) is 12.8 Å². The summed E-state index contributed by atoms with van der Waals surface area (Å²) < 4.78 is 0. The normalized spacial score (nSPS) is 21.8. The highest BCUT2D eigenvalue weighted by Gasteiger charge is 2.38. The van der Waals surface area contributed by atoms with Gasteiger partial charge in [0.1, 0.15) is 5.69 Å². The molecule has 1 unspecified atom stereocenters. The molecule has 0 saturated carbocycles. The first-order valence-electron chi connectivity index (χ1n) is 7.02. The van der Waals surface area contributed by atoms with E-state index in [9.17, 15) is 9.59 Å². The summed E-state index contributed by atoms with van der Waals surface area (Å²) in [6.07, 6.45) is 3.16. The number of nitrogens with one attached hydrogen (secondary N) is 1. The second-order valence-electron chi connectivity index (χ2n) is 5.79. The Morgan fingerprint density at radius 2 is 2.32 bits per heavy atom. The maximum atomic E-state index is 12.5. The van der Waals surface area contributed by atoms with Crippen molar-refractivity contribution in [3.8, 4) is 0 Å². The highest BCUT2D eigenvalue weighted by Crippen LogP contribution is 2.34. The Hall–Kier alpha value is -2.22. The third-order valence-electron chi connectivity index (χ3n) is 4.14. The molecule has 0 bridgehead atoms. The molecule has 1 aliphatic heterocycles. The molecule has 3 N–H and O–H groups in total. The molecule has 2 aromatic rings. The molecule has 2 aromatic heterocycles. The minimum atomic E-state index is -0.507. The molecule has 0 radical (unpaired) electrons. The molecule has 1 aliphatic rings. The van der Waals surface area contributed by atoms with Crippen LogP contribution in [0.15, 0.2) is 17.1 Å². The van der Waals surface area contributed by atoms with E-state index in [0.29, 0.717) is 30.0 Å². The van der Waals surface area contributed by atoms with Crippen LogP contribution in [0.3, 0.4) is 0 Å². The number of carbonyl (C=O) groups excluding carboxylic acids is 2. The molecule has 1 atom stereocenters. The number of hydrogen-bond acceptors (Lipinski definition) is 5. The zero-order valence-electron chi connectivity index (χ0n) is 12.2.